The van der Waals surface area contributed by atoms with Gasteiger partial charge in [0, 0.05) is 26.2 Å². The van der Waals surface area contributed by atoms with Crippen LogP contribution in [0.5, 0.6) is 0 Å². The summed E-state index contributed by atoms with van der Waals surface area (Å²) in [5.74, 6) is 1.67. The molecule has 0 spiro atoms. The highest BCUT2D eigenvalue weighted by atomic mass is 15.2. The normalized spacial score (nSPS) is 11.3. The summed E-state index contributed by atoms with van der Waals surface area (Å²) in [6.45, 7) is 10.5. The first-order valence-electron chi connectivity index (χ1n) is 6.74. The Morgan fingerprint density at radius 1 is 1.17 bits per heavy atom. The predicted molar refractivity (Wildman–Crippen MR) is 76.7 cm³/mol. The lowest BCUT2D eigenvalue weighted by molar-refractivity contribution is 0.577. The van der Waals surface area contributed by atoms with Crippen LogP contribution in [0.2, 0.25) is 0 Å². The van der Waals surface area contributed by atoms with Gasteiger partial charge in [-0.05, 0) is 12.3 Å². The van der Waals surface area contributed by atoms with E-state index >= 15 is 0 Å². The number of nitrogens with one attached hydrogen (secondary N) is 1. The predicted octanol–water partition coefficient (Wildman–Crippen LogP) is 2.46. The van der Waals surface area contributed by atoms with Gasteiger partial charge in [-0.3, -0.25) is 4.98 Å². The summed E-state index contributed by atoms with van der Waals surface area (Å²) in [6.07, 6.45) is 4.89. The fourth-order valence-electron chi connectivity index (χ4n) is 1.51. The van der Waals surface area contributed by atoms with Gasteiger partial charge in [0.15, 0.2) is 0 Å². The number of anilines is 1. The monoisotopic (exact) mass is 250 g/mol. The van der Waals surface area contributed by atoms with E-state index < -0.39 is 0 Å². The molecule has 0 amide bonds. The van der Waals surface area contributed by atoms with Crippen molar-refractivity contribution >= 4 is 5.82 Å². The highest BCUT2D eigenvalue weighted by Crippen LogP contribution is 2.09. The van der Waals surface area contributed by atoms with Gasteiger partial charge in [-0.2, -0.15) is 0 Å². The van der Waals surface area contributed by atoms with Crippen molar-refractivity contribution in [2.24, 2.45) is 5.92 Å². The highest BCUT2D eigenvalue weighted by Gasteiger charge is 2.05. The Morgan fingerprint density at radius 2 is 1.89 bits per heavy atom. The lowest BCUT2D eigenvalue weighted by Gasteiger charge is -2.19. The summed E-state index contributed by atoms with van der Waals surface area (Å²) in [5, 5.41) is 3.33. The molecule has 4 heteroatoms. The van der Waals surface area contributed by atoms with E-state index in [-0.39, 0.29) is 0 Å². The van der Waals surface area contributed by atoms with Crippen molar-refractivity contribution in [3.05, 3.63) is 18.1 Å². The molecule has 0 aliphatic rings. The number of hydrogen-bond acceptors (Lipinski definition) is 4. The van der Waals surface area contributed by atoms with Crippen LogP contribution in [0.15, 0.2) is 12.4 Å². The molecule has 0 aliphatic carbocycles. The molecular formula is C14H26N4. The fourth-order valence-corrected chi connectivity index (χ4v) is 1.51. The average Bonchev–Trinajstić information content (AvgIpc) is 2.34. The topological polar surface area (TPSA) is 41.1 Å². The number of rotatable bonds is 7. The summed E-state index contributed by atoms with van der Waals surface area (Å²) in [4.78, 5) is 11.0. The third-order valence-electron chi connectivity index (χ3n) is 2.82. The molecule has 0 fully saturated rings. The van der Waals surface area contributed by atoms with Crippen molar-refractivity contribution in [2.45, 2.75) is 46.7 Å². The smallest absolute Gasteiger partial charge is 0.146 e. The van der Waals surface area contributed by atoms with Crippen LogP contribution in [-0.4, -0.2) is 29.6 Å². The number of nitrogens with zero attached hydrogens (tertiary/aromatic N) is 3. The van der Waals surface area contributed by atoms with Crippen molar-refractivity contribution in [2.75, 3.05) is 18.5 Å². The van der Waals surface area contributed by atoms with Crippen LogP contribution in [0.1, 0.15) is 39.8 Å². The molecule has 0 unspecified atom stereocenters. The molecule has 1 aromatic rings. The summed E-state index contributed by atoms with van der Waals surface area (Å²) in [7, 11) is 2.07. The largest absolute Gasteiger partial charge is 0.358 e. The Hall–Kier alpha value is -1.16. The molecule has 102 valence electrons. The van der Waals surface area contributed by atoms with Gasteiger partial charge < -0.3 is 10.2 Å². The summed E-state index contributed by atoms with van der Waals surface area (Å²) >= 11 is 0. The zero-order chi connectivity index (χ0) is 13.5. The van der Waals surface area contributed by atoms with Gasteiger partial charge in [0.25, 0.3) is 0 Å². The molecule has 1 N–H and O–H groups in total. The maximum atomic E-state index is 4.46. The van der Waals surface area contributed by atoms with E-state index in [2.05, 4.69) is 54.9 Å². The van der Waals surface area contributed by atoms with E-state index in [0.29, 0.717) is 6.04 Å². The second-order valence-corrected chi connectivity index (χ2v) is 5.51. The first-order chi connectivity index (χ1) is 8.49. The van der Waals surface area contributed by atoms with Crippen molar-refractivity contribution in [3.8, 4) is 0 Å². The summed E-state index contributed by atoms with van der Waals surface area (Å²) in [6, 6.07) is 0.472. The fraction of sp³-hybridized carbons (Fsp3) is 0.714. The van der Waals surface area contributed by atoms with Crippen molar-refractivity contribution in [3.63, 3.8) is 0 Å². The molecule has 4 nitrogen and oxygen atoms in total. The van der Waals surface area contributed by atoms with Gasteiger partial charge in [-0.1, -0.05) is 27.7 Å². The van der Waals surface area contributed by atoms with Gasteiger partial charge in [0.05, 0.1) is 18.1 Å². The van der Waals surface area contributed by atoms with Crippen LogP contribution in [0, 0.1) is 5.92 Å². The van der Waals surface area contributed by atoms with Gasteiger partial charge in [-0.15, -0.1) is 0 Å². The number of aromatic nitrogens is 2. The van der Waals surface area contributed by atoms with Crippen LogP contribution < -0.4 is 10.2 Å². The highest BCUT2D eigenvalue weighted by molar-refractivity contribution is 5.34. The minimum Gasteiger partial charge on any atom is -0.358 e. The van der Waals surface area contributed by atoms with Crippen molar-refractivity contribution in [1.82, 2.24) is 15.3 Å². The van der Waals surface area contributed by atoms with E-state index in [1.165, 1.54) is 6.42 Å². The molecule has 0 aromatic carbocycles. The zero-order valence-electron chi connectivity index (χ0n) is 12.3. The Bertz CT molecular complexity index is 332. The van der Waals surface area contributed by atoms with Crippen LogP contribution in [0.3, 0.4) is 0 Å². The maximum Gasteiger partial charge on any atom is 0.146 e. The SMILES string of the molecule is CC(C)CCN(C)c1cnc(CNC(C)C)cn1. The third kappa shape index (κ3) is 5.45. The minimum absolute atomic E-state index is 0.472. The zero-order valence-corrected chi connectivity index (χ0v) is 12.3. The van der Waals surface area contributed by atoms with Crippen LogP contribution >= 0.6 is 0 Å². The lowest BCUT2D eigenvalue weighted by atomic mass is 10.1. The molecule has 0 saturated heterocycles. The Labute approximate surface area is 111 Å². The Morgan fingerprint density at radius 3 is 2.39 bits per heavy atom. The van der Waals surface area contributed by atoms with Crippen LogP contribution in [-0.2, 0) is 6.54 Å². The Balaban J connectivity index is 2.48. The van der Waals surface area contributed by atoms with E-state index in [1.807, 2.05) is 12.4 Å². The van der Waals surface area contributed by atoms with Gasteiger partial charge >= 0.3 is 0 Å². The molecule has 1 aromatic heterocycles. The van der Waals surface area contributed by atoms with Gasteiger partial charge in [0.2, 0.25) is 0 Å². The second kappa shape index (κ2) is 7.31. The second-order valence-electron chi connectivity index (χ2n) is 5.51. The van der Waals surface area contributed by atoms with E-state index in [4.69, 9.17) is 0 Å². The first kappa shape index (κ1) is 14.9. The minimum atomic E-state index is 0.472. The van der Waals surface area contributed by atoms with Crippen LogP contribution in [0.4, 0.5) is 5.82 Å². The van der Waals surface area contributed by atoms with E-state index in [1.54, 1.807) is 0 Å². The molecule has 1 heterocycles. The quantitative estimate of drug-likeness (QED) is 0.807. The Kier molecular flexibility index (Phi) is 6.05. The molecule has 18 heavy (non-hydrogen) atoms. The molecule has 0 radical (unpaired) electrons. The first-order valence-corrected chi connectivity index (χ1v) is 6.74. The van der Waals surface area contributed by atoms with Crippen molar-refractivity contribution in [1.29, 1.82) is 0 Å². The molecule has 0 bridgehead atoms. The summed E-state index contributed by atoms with van der Waals surface area (Å²) < 4.78 is 0. The van der Waals surface area contributed by atoms with Crippen LogP contribution in [0.25, 0.3) is 0 Å². The van der Waals surface area contributed by atoms with E-state index in [0.717, 1.165) is 30.5 Å². The van der Waals surface area contributed by atoms with Gasteiger partial charge in [-0.25, -0.2) is 4.98 Å². The standard InChI is InChI=1S/C14H26N4/c1-11(2)6-7-18(5)14-10-16-13(9-17-14)8-15-12(3)4/h9-12,15H,6-8H2,1-5H3. The number of hydrogen-bond donors (Lipinski definition) is 1. The molecular weight excluding hydrogens is 224 g/mol. The van der Waals surface area contributed by atoms with Gasteiger partial charge in [0.1, 0.15) is 5.82 Å². The molecule has 0 aliphatic heterocycles. The molecule has 0 saturated carbocycles. The van der Waals surface area contributed by atoms with Crippen molar-refractivity contribution < 1.29 is 0 Å². The molecule has 0 atom stereocenters. The lowest BCUT2D eigenvalue weighted by Crippen LogP contribution is -2.23. The average molecular weight is 250 g/mol. The molecule has 1 rings (SSSR count). The maximum absolute atomic E-state index is 4.46. The van der Waals surface area contributed by atoms with E-state index in [9.17, 15) is 0 Å². The summed E-state index contributed by atoms with van der Waals surface area (Å²) in [5.41, 5.74) is 0.990. The third-order valence-corrected chi connectivity index (χ3v) is 2.82.